The summed E-state index contributed by atoms with van der Waals surface area (Å²) in [7, 11) is -4.08. The van der Waals surface area contributed by atoms with E-state index in [9.17, 15) is 23.1 Å². The number of aliphatic hydroxyl groups excluding tert-OH is 1. The van der Waals surface area contributed by atoms with Crippen molar-refractivity contribution in [2.45, 2.75) is 49.1 Å². The second kappa shape index (κ2) is 11.3. The minimum Gasteiger partial charge on any atom is -0.394 e. The van der Waals surface area contributed by atoms with Crippen LogP contribution in [0.3, 0.4) is 0 Å². The third kappa shape index (κ3) is 6.10. The smallest absolute Gasteiger partial charge is 0.329 e. The van der Waals surface area contributed by atoms with Crippen molar-refractivity contribution >= 4 is 32.7 Å². The zero-order valence-electron chi connectivity index (χ0n) is 19.7. The molecule has 0 aromatic heterocycles. The minimum atomic E-state index is -4.08. The number of likely N-dealkylation sites (tertiary alicyclic amines) is 1. The van der Waals surface area contributed by atoms with E-state index in [1.165, 1.54) is 6.07 Å². The van der Waals surface area contributed by atoms with E-state index < -0.39 is 28.6 Å². The predicted octanol–water partition coefficient (Wildman–Crippen LogP) is 1.17. The third-order valence-corrected chi connectivity index (χ3v) is 8.12. The van der Waals surface area contributed by atoms with Crippen LogP contribution in [0.1, 0.15) is 32.1 Å². The Balaban J connectivity index is 1.39. The molecule has 3 amide bonds. The maximum absolute atomic E-state index is 13.2. The molecule has 190 valence electrons. The van der Waals surface area contributed by atoms with Crippen molar-refractivity contribution in [1.82, 2.24) is 25.4 Å². The lowest BCUT2D eigenvalue weighted by Crippen LogP contribution is -2.55. The van der Waals surface area contributed by atoms with Crippen molar-refractivity contribution in [1.29, 1.82) is 0 Å². The molecule has 0 saturated carbocycles. The maximum Gasteiger partial charge on any atom is 0.329 e. The van der Waals surface area contributed by atoms with Crippen LogP contribution >= 0.6 is 0 Å². The molecule has 2 aliphatic heterocycles. The molecule has 4 rings (SSSR count). The Morgan fingerprint density at radius 2 is 1.74 bits per heavy atom. The number of rotatable bonds is 8. The van der Waals surface area contributed by atoms with Crippen LogP contribution in [-0.4, -0.2) is 80.2 Å². The SMILES string of the molecule is O=C(NCC1CCCN1C(=O)C(CO)NS(=O)(=O)c1cccc2ccccc12)NN1CCCCC1. The normalized spacial score (nSPS) is 20.0. The zero-order chi connectivity index (χ0) is 24.8. The molecule has 0 bridgehead atoms. The van der Waals surface area contributed by atoms with E-state index in [0.29, 0.717) is 18.4 Å². The topological polar surface area (TPSA) is 131 Å². The largest absolute Gasteiger partial charge is 0.394 e. The van der Waals surface area contributed by atoms with E-state index in [-0.39, 0.29) is 23.5 Å². The molecule has 10 nitrogen and oxygen atoms in total. The summed E-state index contributed by atoms with van der Waals surface area (Å²) in [6.07, 6.45) is 4.67. The van der Waals surface area contributed by atoms with Crippen LogP contribution in [0.25, 0.3) is 10.8 Å². The summed E-state index contributed by atoms with van der Waals surface area (Å²) < 4.78 is 28.7. The number of hydrogen-bond acceptors (Lipinski definition) is 6. The first-order chi connectivity index (χ1) is 16.9. The van der Waals surface area contributed by atoms with E-state index in [4.69, 9.17) is 0 Å². The molecule has 2 aliphatic rings. The summed E-state index contributed by atoms with van der Waals surface area (Å²) in [4.78, 5) is 27.1. The summed E-state index contributed by atoms with van der Waals surface area (Å²) in [5, 5.41) is 15.9. The Labute approximate surface area is 205 Å². The number of carbonyl (C=O) groups excluding carboxylic acids is 2. The lowest BCUT2D eigenvalue weighted by molar-refractivity contribution is -0.134. The van der Waals surface area contributed by atoms with Crippen molar-refractivity contribution < 1.29 is 23.1 Å². The van der Waals surface area contributed by atoms with Gasteiger partial charge in [0.25, 0.3) is 0 Å². The number of benzene rings is 2. The Morgan fingerprint density at radius 1 is 1.00 bits per heavy atom. The highest BCUT2D eigenvalue weighted by Gasteiger charge is 2.35. The van der Waals surface area contributed by atoms with E-state index >= 15 is 0 Å². The summed E-state index contributed by atoms with van der Waals surface area (Å²) in [6, 6.07) is 10.1. The first-order valence-electron chi connectivity index (χ1n) is 12.1. The van der Waals surface area contributed by atoms with Crippen molar-refractivity contribution in [2.24, 2.45) is 0 Å². The van der Waals surface area contributed by atoms with Crippen molar-refractivity contribution in [3.63, 3.8) is 0 Å². The number of urea groups is 1. The van der Waals surface area contributed by atoms with Gasteiger partial charge in [0, 0.05) is 37.6 Å². The van der Waals surface area contributed by atoms with Crippen LogP contribution in [0.5, 0.6) is 0 Å². The van der Waals surface area contributed by atoms with Crippen LogP contribution in [0.15, 0.2) is 47.4 Å². The second-order valence-corrected chi connectivity index (χ2v) is 10.7. The van der Waals surface area contributed by atoms with E-state index in [2.05, 4.69) is 15.5 Å². The lowest BCUT2D eigenvalue weighted by atomic mass is 10.1. The highest BCUT2D eigenvalue weighted by molar-refractivity contribution is 7.89. The number of nitrogens with one attached hydrogen (secondary N) is 3. The van der Waals surface area contributed by atoms with Gasteiger partial charge in [0.15, 0.2) is 0 Å². The van der Waals surface area contributed by atoms with Gasteiger partial charge in [-0.1, -0.05) is 42.8 Å². The molecular formula is C24H33N5O5S. The van der Waals surface area contributed by atoms with Gasteiger partial charge < -0.3 is 15.3 Å². The molecule has 2 aromatic carbocycles. The monoisotopic (exact) mass is 503 g/mol. The van der Waals surface area contributed by atoms with Crippen molar-refractivity contribution in [3.8, 4) is 0 Å². The van der Waals surface area contributed by atoms with Gasteiger partial charge in [0.1, 0.15) is 6.04 Å². The number of sulfonamides is 1. The van der Waals surface area contributed by atoms with Gasteiger partial charge in [0.05, 0.1) is 11.5 Å². The molecule has 2 fully saturated rings. The van der Waals surface area contributed by atoms with Gasteiger partial charge in [-0.05, 0) is 37.1 Å². The fourth-order valence-electron chi connectivity index (χ4n) is 4.78. The molecular weight excluding hydrogens is 470 g/mol. The quantitative estimate of drug-likeness (QED) is 0.428. The molecule has 2 atom stereocenters. The molecule has 0 aliphatic carbocycles. The molecule has 2 unspecified atom stereocenters. The van der Waals surface area contributed by atoms with Gasteiger partial charge in [-0.3, -0.25) is 10.2 Å². The van der Waals surface area contributed by atoms with Gasteiger partial charge >= 0.3 is 6.03 Å². The highest BCUT2D eigenvalue weighted by Crippen LogP contribution is 2.24. The van der Waals surface area contributed by atoms with Gasteiger partial charge in [-0.2, -0.15) is 4.72 Å². The second-order valence-electron chi connectivity index (χ2n) is 9.03. The summed E-state index contributed by atoms with van der Waals surface area (Å²) in [5.74, 6) is -0.503. The zero-order valence-corrected chi connectivity index (χ0v) is 20.5. The van der Waals surface area contributed by atoms with E-state index in [1.54, 1.807) is 23.1 Å². The van der Waals surface area contributed by atoms with Crippen LogP contribution < -0.4 is 15.5 Å². The summed E-state index contributed by atoms with van der Waals surface area (Å²) >= 11 is 0. The van der Waals surface area contributed by atoms with Gasteiger partial charge in [0.2, 0.25) is 15.9 Å². The fourth-order valence-corrected chi connectivity index (χ4v) is 6.19. The molecule has 4 N–H and O–H groups in total. The van der Waals surface area contributed by atoms with Gasteiger partial charge in [-0.25, -0.2) is 18.2 Å². The Morgan fingerprint density at radius 3 is 2.51 bits per heavy atom. The molecule has 11 heteroatoms. The fraction of sp³-hybridized carbons (Fsp3) is 0.500. The highest BCUT2D eigenvalue weighted by atomic mass is 32.2. The number of amides is 3. The average Bonchev–Trinajstić information content (AvgIpc) is 3.34. The van der Waals surface area contributed by atoms with Gasteiger partial charge in [-0.15, -0.1) is 0 Å². The number of nitrogens with zero attached hydrogens (tertiary/aromatic N) is 2. The molecule has 0 spiro atoms. The van der Waals surface area contributed by atoms with Crippen LogP contribution in [0.2, 0.25) is 0 Å². The number of hydrogen-bond donors (Lipinski definition) is 4. The first-order valence-corrected chi connectivity index (χ1v) is 13.6. The standard InChI is InChI=1S/C24H33N5O5S/c30-17-21(27-35(33,34)22-12-6-9-18-8-2-3-11-20(18)22)23(31)29-15-7-10-19(29)16-25-24(32)26-28-13-4-1-5-14-28/h2-3,6,8-9,11-12,19,21,27,30H,1,4-5,7,10,13-17H2,(H2,25,26,32). The average molecular weight is 504 g/mol. The third-order valence-electron chi connectivity index (χ3n) is 6.59. The number of aliphatic hydroxyl groups is 1. The van der Waals surface area contributed by atoms with Crippen LogP contribution in [-0.2, 0) is 14.8 Å². The summed E-state index contributed by atoms with van der Waals surface area (Å²) in [6.45, 7) is 1.65. The number of hydrazine groups is 1. The maximum atomic E-state index is 13.2. The van der Waals surface area contributed by atoms with Crippen molar-refractivity contribution in [2.75, 3.05) is 32.8 Å². The van der Waals surface area contributed by atoms with E-state index in [0.717, 1.165) is 44.2 Å². The Hall–Kier alpha value is -2.73. The van der Waals surface area contributed by atoms with Crippen LogP contribution in [0, 0.1) is 0 Å². The lowest BCUT2D eigenvalue weighted by Gasteiger charge is -2.30. The number of fused-ring (bicyclic) bond motifs is 1. The van der Waals surface area contributed by atoms with Crippen LogP contribution in [0.4, 0.5) is 4.79 Å². The van der Waals surface area contributed by atoms with E-state index in [1.807, 2.05) is 23.2 Å². The Bertz CT molecular complexity index is 1150. The molecule has 2 heterocycles. The molecule has 2 saturated heterocycles. The molecule has 2 aromatic rings. The first kappa shape index (κ1) is 25.4. The van der Waals surface area contributed by atoms with Crippen molar-refractivity contribution in [3.05, 3.63) is 42.5 Å². The molecule has 35 heavy (non-hydrogen) atoms. The number of carbonyl (C=O) groups is 2. The predicted molar refractivity (Wildman–Crippen MR) is 132 cm³/mol. The summed E-state index contributed by atoms with van der Waals surface area (Å²) in [5.41, 5.74) is 2.83. The Kier molecular flexibility index (Phi) is 8.22. The molecule has 0 radical (unpaired) electrons. The number of piperidine rings is 1. The minimum absolute atomic E-state index is 0.0517.